The minimum Gasteiger partial charge on any atom is -0.369 e. The van der Waals surface area contributed by atoms with Crippen molar-refractivity contribution in [2.75, 3.05) is 36.4 Å². The van der Waals surface area contributed by atoms with E-state index < -0.39 is 0 Å². The topological polar surface area (TPSA) is 35.6 Å². The summed E-state index contributed by atoms with van der Waals surface area (Å²) in [5.74, 6) is -0.0708. The summed E-state index contributed by atoms with van der Waals surface area (Å²) in [5.41, 5.74) is 3.10. The van der Waals surface area contributed by atoms with Crippen molar-refractivity contribution >= 4 is 40.5 Å². The lowest BCUT2D eigenvalue weighted by molar-refractivity contribution is -0.120. The van der Waals surface area contributed by atoms with E-state index in [9.17, 15) is 4.79 Å². The van der Waals surface area contributed by atoms with Crippen molar-refractivity contribution < 1.29 is 4.79 Å². The Labute approximate surface area is 164 Å². The summed E-state index contributed by atoms with van der Waals surface area (Å²) in [6.07, 6.45) is 0. The number of anilines is 2. The lowest BCUT2D eigenvalue weighted by atomic mass is 10.1. The molecule has 0 aliphatic carbocycles. The van der Waals surface area contributed by atoms with E-state index in [2.05, 4.69) is 46.3 Å². The Morgan fingerprint density at radius 3 is 2.46 bits per heavy atom. The number of hydrogen-bond acceptors (Lipinski definition) is 3. The molecule has 0 bridgehead atoms. The maximum absolute atomic E-state index is 12.6. The summed E-state index contributed by atoms with van der Waals surface area (Å²) in [7, 11) is 0. The molecule has 0 aromatic heterocycles. The number of carbonyl (C=O) groups is 1. The Kier molecular flexibility index (Phi) is 6.07. The molecule has 0 radical (unpaired) electrons. The van der Waals surface area contributed by atoms with Crippen LogP contribution in [0.3, 0.4) is 0 Å². The van der Waals surface area contributed by atoms with Crippen LogP contribution in [0, 0.1) is 6.92 Å². The highest BCUT2D eigenvalue weighted by atomic mass is 35.5. The fraction of sp³-hybridized carbons (Fsp3) is 0.350. The molecule has 1 fully saturated rings. The molecule has 0 unspecified atom stereocenters. The van der Waals surface area contributed by atoms with Crippen molar-refractivity contribution in [1.82, 2.24) is 4.90 Å². The van der Waals surface area contributed by atoms with Crippen LogP contribution in [0.25, 0.3) is 0 Å². The van der Waals surface area contributed by atoms with Gasteiger partial charge in [-0.15, -0.1) is 0 Å². The SMILES string of the molecule is Cc1ccccc1N1CCN([C@H](C)C(=O)Nc2cc(Cl)ccc2Cl)CC1. The zero-order valence-electron chi connectivity index (χ0n) is 15.0. The fourth-order valence-electron chi connectivity index (χ4n) is 3.26. The van der Waals surface area contributed by atoms with Crippen LogP contribution >= 0.6 is 23.2 Å². The monoisotopic (exact) mass is 391 g/mol. The highest BCUT2D eigenvalue weighted by molar-refractivity contribution is 6.35. The van der Waals surface area contributed by atoms with Crippen molar-refractivity contribution in [3.05, 3.63) is 58.1 Å². The number of benzene rings is 2. The largest absolute Gasteiger partial charge is 0.369 e. The van der Waals surface area contributed by atoms with Gasteiger partial charge in [-0.25, -0.2) is 0 Å². The van der Waals surface area contributed by atoms with E-state index in [0.717, 1.165) is 26.2 Å². The van der Waals surface area contributed by atoms with Crippen molar-refractivity contribution in [3.63, 3.8) is 0 Å². The highest BCUT2D eigenvalue weighted by Crippen LogP contribution is 2.26. The van der Waals surface area contributed by atoms with Crippen LogP contribution in [0.5, 0.6) is 0 Å². The van der Waals surface area contributed by atoms with Crippen LogP contribution < -0.4 is 10.2 Å². The van der Waals surface area contributed by atoms with Crippen LogP contribution in [0.4, 0.5) is 11.4 Å². The van der Waals surface area contributed by atoms with Crippen molar-refractivity contribution in [3.8, 4) is 0 Å². The molecule has 2 aromatic rings. The van der Waals surface area contributed by atoms with E-state index in [4.69, 9.17) is 23.2 Å². The normalized spacial score (nSPS) is 16.4. The van der Waals surface area contributed by atoms with Gasteiger partial charge in [-0.05, 0) is 43.7 Å². The molecule has 1 atom stereocenters. The van der Waals surface area contributed by atoms with Crippen LogP contribution in [0.15, 0.2) is 42.5 Å². The first-order valence-corrected chi connectivity index (χ1v) is 9.52. The first kappa shape index (κ1) is 19.0. The number of amides is 1. The molecule has 4 nitrogen and oxygen atoms in total. The predicted molar refractivity (Wildman–Crippen MR) is 110 cm³/mol. The number of carbonyl (C=O) groups excluding carboxylic acids is 1. The molecular weight excluding hydrogens is 369 g/mol. The second-order valence-corrected chi connectivity index (χ2v) is 7.44. The molecule has 1 aliphatic rings. The molecule has 138 valence electrons. The van der Waals surface area contributed by atoms with Gasteiger partial charge in [0.25, 0.3) is 0 Å². The Hall–Kier alpha value is -1.75. The number of hydrogen-bond donors (Lipinski definition) is 1. The van der Waals surface area contributed by atoms with E-state index in [-0.39, 0.29) is 11.9 Å². The van der Waals surface area contributed by atoms with Gasteiger partial charge in [0.1, 0.15) is 0 Å². The summed E-state index contributed by atoms with van der Waals surface area (Å²) in [6.45, 7) is 7.54. The molecule has 3 rings (SSSR count). The first-order chi connectivity index (χ1) is 12.5. The Morgan fingerprint density at radius 1 is 1.08 bits per heavy atom. The van der Waals surface area contributed by atoms with Crippen LogP contribution in [-0.2, 0) is 4.79 Å². The van der Waals surface area contributed by atoms with Crippen molar-refractivity contribution in [2.24, 2.45) is 0 Å². The number of piperazine rings is 1. The maximum Gasteiger partial charge on any atom is 0.241 e. The van der Waals surface area contributed by atoms with Gasteiger partial charge in [0, 0.05) is 36.9 Å². The number of nitrogens with one attached hydrogen (secondary N) is 1. The maximum atomic E-state index is 12.6. The van der Waals surface area contributed by atoms with Crippen molar-refractivity contribution in [1.29, 1.82) is 0 Å². The Balaban J connectivity index is 1.59. The van der Waals surface area contributed by atoms with Crippen LogP contribution in [0.1, 0.15) is 12.5 Å². The molecular formula is C20H23Cl2N3O. The number of para-hydroxylation sites is 1. The van der Waals surface area contributed by atoms with Gasteiger partial charge in [-0.2, -0.15) is 0 Å². The van der Waals surface area contributed by atoms with Gasteiger partial charge in [-0.1, -0.05) is 41.4 Å². The molecule has 0 saturated carbocycles. The first-order valence-electron chi connectivity index (χ1n) is 8.76. The molecule has 6 heteroatoms. The smallest absolute Gasteiger partial charge is 0.241 e. The van der Waals surface area contributed by atoms with Gasteiger partial charge in [0.15, 0.2) is 0 Å². The highest BCUT2D eigenvalue weighted by Gasteiger charge is 2.26. The summed E-state index contributed by atoms with van der Waals surface area (Å²) < 4.78 is 0. The number of rotatable bonds is 4. The third kappa shape index (κ3) is 4.32. The zero-order valence-corrected chi connectivity index (χ0v) is 16.5. The average molecular weight is 392 g/mol. The molecule has 1 amide bonds. The minimum atomic E-state index is -0.232. The third-order valence-corrected chi connectivity index (χ3v) is 5.45. The lowest BCUT2D eigenvalue weighted by Crippen LogP contribution is -2.53. The Bertz CT molecular complexity index is 788. The third-order valence-electron chi connectivity index (χ3n) is 4.88. The second kappa shape index (κ2) is 8.30. The second-order valence-electron chi connectivity index (χ2n) is 6.60. The summed E-state index contributed by atoms with van der Waals surface area (Å²) >= 11 is 12.1. The summed E-state index contributed by atoms with van der Waals surface area (Å²) in [6, 6.07) is 13.2. The van der Waals surface area contributed by atoms with E-state index in [1.165, 1.54) is 11.3 Å². The lowest BCUT2D eigenvalue weighted by Gasteiger charge is -2.39. The van der Waals surface area contributed by atoms with Gasteiger partial charge < -0.3 is 10.2 Å². The molecule has 1 aliphatic heterocycles. The molecule has 1 heterocycles. The van der Waals surface area contributed by atoms with Crippen LogP contribution in [-0.4, -0.2) is 43.0 Å². The molecule has 26 heavy (non-hydrogen) atoms. The van der Waals surface area contributed by atoms with Gasteiger partial charge in [-0.3, -0.25) is 9.69 Å². The van der Waals surface area contributed by atoms with E-state index >= 15 is 0 Å². The van der Waals surface area contributed by atoms with Crippen LogP contribution in [0.2, 0.25) is 10.0 Å². The fourth-order valence-corrected chi connectivity index (χ4v) is 3.60. The molecule has 1 saturated heterocycles. The van der Waals surface area contributed by atoms with E-state index in [0.29, 0.717) is 15.7 Å². The Morgan fingerprint density at radius 2 is 1.77 bits per heavy atom. The van der Waals surface area contributed by atoms with E-state index in [1.54, 1.807) is 18.2 Å². The minimum absolute atomic E-state index is 0.0708. The van der Waals surface area contributed by atoms with E-state index in [1.807, 2.05) is 6.92 Å². The van der Waals surface area contributed by atoms with Gasteiger partial charge in [0.05, 0.1) is 16.8 Å². The quantitative estimate of drug-likeness (QED) is 0.835. The predicted octanol–water partition coefficient (Wildman–Crippen LogP) is 4.45. The number of halogens is 2. The molecule has 1 N–H and O–H groups in total. The average Bonchev–Trinajstić information content (AvgIpc) is 2.64. The summed E-state index contributed by atoms with van der Waals surface area (Å²) in [4.78, 5) is 17.2. The number of aryl methyl sites for hydroxylation is 1. The zero-order chi connectivity index (χ0) is 18.7. The van der Waals surface area contributed by atoms with Gasteiger partial charge >= 0.3 is 0 Å². The summed E-state index contributed by atoms with van der Waals surface area (Å²) in [5, 5.41) is 3.92. The van der Waals surface area contributed by atoms with Crippen molar-refractivity contribution in [2.45, 2.75) is 19.9 Å². The molecule has 0 spiro atoms. The molecule has 2 aromatic carbocycles. The number of nitrogens with zero attached hydrogens (tertiary/aromatic N) is 2. The van der Waals surface area contributed by atoms with Gasteiger partial charge in [0.2, 0.25) is 5.91 Å². The standard InChI is InChI=1S/C20H23Cl2N3O/c1-14-5-3-4-6-19(14)25-11-9-24(10-12-25)15(2)20(26)23-18-13-16(21)7-8-17(18)22/h3-8,13,15H,9-12H2,1-2H3,(H,23,26)/t15-/m1/s1.